The molecule has 0 radical (unpaired) electrons. The number of nitrogens with zero attached hydrogens (tertiary/aromatic N) is 1. The summed E-state index contributed by atoms with van der Waals surface area (Å²) in [4.78, 5) is 13.5. The number of halogens is 3. The minimum absolute atomic E-state index is 0.0495. The highest BCUT2D eigenvalue weighted by Gasteiger charge is 2.28. The minimum Gasteiger partial charge on any atom is -0.346 e. The van der Waals surface area contributed by atoms with E-state index in [1.54, 1.807) is 0 Å². The summed E-state index contributed by atoms with van der Waals surface area (Å²) < 4.78 is 36.1. The molecule has 1 fully saturated rings. The van der Waals surface area contributed by atoms with Crippen LogP contribution in [0.3, 0.4) is 0 Å². The van der Waals surface area contributed by atoms with E-state index >= 15 is 0 Å². The molecule has 20 heavy (non-hydrogen) atoms. The molecular weight excluding hydrogens is 271 g/mol. The first kappa shape index (κ1) is 17.2. The van der Waals surface area contributed by atoms with E-state index in [9.17, 15) is 18.0 Å². The number of hydrogen-bond acceptors (Lipinski definition) is 3. The molecule has 0 aromatic carbocycles. The summed E-state index contributed by atoms with van der Waals surface area (Å²) in [5.74, 6) is -0.0251. The van der Waals surface area contributed by atoms with Gasteiger partial charge in [0.15, 0.2) is 0 Å². The standard InChI is InChI=1S/C13H24F3N3O/c1-2-7-19(8-11-3-5-17-6-4-11)9-12(20)18-10-13(14,15)16/h11,17H,2-10H2,1H3,(H,18,20). The fourth-order valence-electron chi connectivity index (χ4n) is 2.44. The third-order valence-corrected chi connectivity index (χ3v) is 3.37. The number of rotatable bonds is 7. The van der Waals surface area contributed by atoms with Crippen molar-refractivity contribution >= 4 is 5.91 Å². The first-order valence-corrected chi connectivity index (χ1v) is 7.17. The van der Waals surface area contributed by atoms with Crippen LogP contribution in [0.2, 0.25) is 0 Å². The van der Waals surface area contributed by atoms with E-state index < -0.39 is 18.6 Å². The Hall–Kier alpha value is -0.820. The zero-order valence-electron chi connectivity index (χ0n) is 11.9. The van der Waals surface area contributed by atoms with Crippen LogP contribution in [-0.2, 0) is 4.79 Å². The van der Waals surface area contributed by atoms with E-state index in [2.05, 4.69) is 5.32 Å². The van der Waals surface area contributed by atoms with Crippen molar-refractivity contribution in [3.05, 3.63) is 0 Å². The molecule has 1 rings (SSSR count). The van der Waals surface area contributed by atoms with Gasteiger partial charge in [-0.05, 0) is 44.8 Å². The van der Waals surface area contributed by atoms with Crippen LogP contribution in [0, 0.1) is 5.92 Å². The third-order valence-electron chi connectivity index (χ3n) is 3.37. The maximum atomic E-state index is 12.0. The van der Waals surface area contributed by atoms with Crippen LogP contribution in [-0.4, -0.2) is 56.3 Å². The molecule has 0 spiro atoms. The van der Waals surface area contributed by atoms with Gasteiger partial charge in [0.2, 0.25) is 5.91 Å². The molecule has 0 aromatic heterocycles. The smallest absolute Gasteiger partial charge is 0.346 e. The Morgan fingerprint density at radius 1 is 1.35 bits per heavy atom. The normalized spacial score (nSPS) is 17.4. The van der Waals surface area contributed by atoms with Crippen molar-refractivity contribution in [2.75, 3.05) is 39.3 Å². The van der Waals surface area contributed by atoms with Crippen molar-refractivity contribution in [2.24, 2.45) is 5.92 Å². The summed E-state index contributed by atoms with van der Waals surface area (Å²) in [6.07, 6.45) is -1.34. The Morgan fingerprint density at radius 3 is 2.55 bits per heavy atom. The van der Waals surface area contributed by atoms with Crippen LogP contribution < -0.4 is 10.6 Å². The van der Waals surface area contributed by atoms with Crippen LogP contribution in [0.1, 0.15) is 26.2 Å². The zero-order valence-corrected chi connectivity index (χ0v) is 11.9. The van der Waals surface area contributed by atoms with Gasteiger partial charge in [-0.1, -0.05) is 6.92 Å². The number of nitrogens with one attached hydrogen (secondary N) is 2. The van der Waals surface area contributed by atoms with E-state index in [1.165, 1.54) is 0 Å². The Bertz CT molecular complexity index is 291. The van der Waals surface area contributed by atoms with Crippen LogP contribution in [0.25, 0.3) is 0 Å². The summed E-state index contributed by atoms with van der Waals surface area (Å²) in [5.41, 5.74) is 0. The maximum Gasteiger partial charge on any atom is 0.405 e. The number of carbonyl (C=O) groups excluding carboxylic acids is 1. The van der Waals surface area contributed by atoms with Gasteiger partial charge in [0.25, 0.3) is 0 Å². The first-order chi connectivity index (χ1) is 9.40. The molecule has 0 aromatic rings. The fourth-order valence-corrected chi connectivity index (χ4v) is 2.44. The second-order valence-corrected chi connectivity index (χ2v) is 5.32. The van der Waals surface area contributed by atoms with E-state index in [0.717, 1.165) is 45.4 Å². The average Bonchev–Trinajstić information content (AvgIpc) is 2.37. The van der Waals surface area contributed by atoms with Gasteiger partial charge in [-0.3, -0.25) is 9.69 Å². The molecular formula is C13H24F3N3O. The lowest BCUT2D eigenvalue weighted by Crippen LogP contribution is -2.44. The van der Waals surface area contributed by atoms with E-state index in [1.807, 2.05) is 17.1 Å². The number of alkyl halides is 3. The van der Waals surface area contributed by atoms with E-state index in [0.29, 0.717) is 5.92 Å². The molecule has 4 nitrogen and oxygen atoms in total. The maximum absolute atomic E-state index is 12.0. The van der Waals surface area contributed by atoms with Gasteiger partial charge in [0.05, 0.1) is 6.54 Å². The number of amides is 1. The molecule has 1 amide bonds. The minimum atomic E-state index is -4.35. The van der Waals surface area contributed by atoms with Gasteiger partial charge < -0.3 is 10.6 Å². The van der Waals surface area contributed by atoms with Crippen LogP contribution in [0.5, 0.6) is 0 Å². The molecule has 1 aliphatic rings. The summed E-state index contributed by atoms with van der Waals surface area (Å²) in [6, 6.07) is 0. The highest BCUT2D eigenvalue weighted by Crippen LogP contribution is 2.14. The van der Waals surface area contributed by atoms with Gasteiger partial charge in [0, 0.05) is 6.54 Å². The molecule has 7 heteroatoms. The van der Waals surface area contributed by atoms with Gasteiger partial charge in [-0.2, -0.15) is 13.2 Å². The lowest BCUT2D eigenvalue weighted by Gasteiger charge is -2.29. The lowest BCUT2D eigenvalue weighted by atomic mass is 9.97. The first-order valence-electron chi connectivity index (χ1n) is 7.17. The SMILES string of the molecule is CCCN(CC(=O)NCC(F)(F)F)CC1CCNCC1. The summed E-state index contributed by atoms with van der Waals surface area (Å²) >= 11 is 0. The Morgan fingerprint density at radius 2 is 2.00 bits per heavy atom. The average molecular weight is 295 g/mol. The van der Waals surface area contributed by atoms with Crippen molar-refractivity contribution in [1.82, 2.24) is 15.5 Å². The Balaban J connectivity index is 2.34. The van der Waals surface area contributed by atoms with Crippen molar-refractivity contribution < 1.29 is 18.0 Å². The summed E-state index contributed by atoms with van der Waals surface area (Å²) in [7, 11) is 0. The quantitative estimate of drug-likeness (QED) is 0.746. The van der Waals surface area contributed by atoms with Gasteiger partial charge >= 0.3 is 6.18 Å². The Labute approximate surface area is 118 Å². The predicted molar refractivity (Wildman–Crippen MR) is 71.4 cm³/mol. The van der Waals surface area contributed by atoms with Crippen LogP contribution >= 0.6 is 0 Å². The van der Waals surface area contributed by atoms with Crippen molar-refractivity contribution in [3.8, 4) is 0 Å². The highest BCUT2D eigenvalue weighted by atomic mass is 19.4. The van der Waals surface area contributed by atoms with Crippen molar-refractivity contribution in [3.63, 3.8) is 0 Å². The molecule has 0 saturated carbocycles. The van der Waals surface area contributed by atoms with Crippen LogP contribution in [0.4, 0.5) is 13.2 Å². The molecule has 0 unspecified atom stereocenters. The molecule has 1 saturated heterocycles. The predicted octanol–water partition coefficient (Wildman–Crippen LogP) is 1.38. The second kappa shape index (κ2) is 8.46. The van der Waals surface area contributed by atoms with Crippen LogP contribution in [0.15, 0.2) is 0 Å². The number of carbonyl (C=O) groups is 1. The van der Waals surface area contributed by atoms with Crippen molar-refractivity contribution in [2.45, 2.75) is 32.4 Å². The molecule has 0 aliphatic carbocycles. The second-order valence-electron chi connectivity index (χ2n) is 5.32. The largest absolute Gasteiger partial charge is 0.405 e. The number of hydrogen-bond donors (Lipinski definition) is 2. The molecule has 1 aliphatic heterocycles. The third kappa shape index (κ3) is 7.69. The zero-order chi connectivity index (χ0) is 15.0. The fraction of sp³-hybridized carbons (Fsp3) is 0.923. The van der Waals surface area contributed by atoms with Gasteiger partial charge in [-0.25, -0.2) is 0 Å². The molecule has 0 bridgehead atoms. The van der Waals surface area contributed by atoms with Gasteiger partial charge in [0.1, 0.15) is 6.54 Å². The molecule has 118 valence electrons. The Kier molecular flexibility index (Phi) is 7.29. The molecule has 2 N–H and O–H groups in total. The topological polar surface area (TPSA) is 44.4 Å². The van der Waals surface area contributed by atoms with E-state index in [4.69, 9.17) is 0 Å². The monoisotopic (exact) mass is 295 g/mol. The van der Waals surface area contributed by atoms with Gasteiger partial charge in [-0.15, -0.1) is 0 Å². The lowest BCUT2D eigenvalue weighted by molar-refractivity contribution is -0.139. The summed E-state index contributed by atoms with van der Waals surface area (Å²) in [6.45, 7) is 4.28. The number of piperidine rings is 1. The van der Waals surface area contributed by atoms with Crippen molar-refractivity contribution in [1.29, 1.82) is 0 Å². The van der Waals surface area contributed by atoms with E-state index in [-0.39, 0.29) is 6.54 Å². The molecule has 0 atom stereocenters. The highest BCUT2D eigenvalue weighted by molar-refractivity contribution is 5.78. The molecule has 1 heterocycles. The summed E-state index contributed by atoms with van der Waals surface area (Å²) in [5, 5.41) is 5.21.